The molecule has 0 bridgehead atoms. The number of rotatable bonds is 5. The van der Waals surface area contributed by atoms with Crippen LogP contribution in [-0.4, -0.2) is 26.7 Å². The number of para-hydroxylation sites is 2. The molecule has 3 nitrogen and oxygen atoms in total. The van der Waals surface area contributed by atoms with Gasteiger partial charge in [0, 0.05) is 19.6 Å². The van der Waals surface area contributed by atoms with Crippen molar-refractivity contribution in [3.05, 3.63) is 24.3 Å². The SMILES string of the molecule is CCN(CCN)c1ccccc1OC.Cl.Cl. The number of likely N-dealkylation sites (N-methyl/N-ethyl adjacent to an activating group) is 1. The van der Waals surface area contributed by atoms with Gasteiger partial charge < -0.3 is 15.4 Å². The van der Waals surface area contributed by atoms with Crippen LogP contribution in [0.5, 0.6) is 5.75 Å². The lowest BCUT2D eigenvalue weighted by Crippen LogP contribution is -2.29. The zero-order valence-electron chi connectivity index (χ0n) is 9.68. The van der Waals surface area contributed by atoms with E-state index in [-0.39, 0.29) is 24.8 Å². The van der Waals surface area contributed by atoms with Crippen molar-refractivity contribution in [3.8, 4) is 5.75 Å². The molecule has 94 valence electrons. The first-order valence-electron chi connectivity index (χ1n) is 4.91. The maximum absolute atomic E-state index is 5.55. The van der Waals surface area contributed by atoms with Gasteiger partial charge in [0.25, 0.3) is 0 Å². The fourth-order valence-corrected chi connectivity index (χ4v) is 1.50. The smallest absolute Gasteiger partial charge is 0.142 e. The van der Waals surface area contributed by atoms with Gasteiger partial charge in [0.2, 0.25) is 0 Å². The van der Waals surface area contributed by atoms with E-state index in [2.05, 4.69) is 17.9 Å². The Balaban J connectivity index is 0. The molecule has 0 unspecified atom stereocenters. The summed E-state index contributed by atoms with van der Waals surface area (Å²) in [5.74, 6) is 0.905. The molecule has 0 saturated carbocycles. The Kier molecular flexibility index (Phi) is 10.6. The van der Waals surface area contributed by atoms with Crippen molar-refractivity contribution >= 4 is 30.5 Å². The summed E-state index contributed by atoms with van der Waals surface area (Å²) in [5, 5.41) is 0. The Morgan fingerprint density at radius 3 is 2.38 bits per heavy atom. The van der Waals surface area contributed by atoms with E-state index < -0.39 is 0 Å². The van der Waals surface area contributed by atoms with Gasteiger partial charge in [0.1, 0.15) is 5.75 Å². The van der Waals surface area contributed by atoms with Crippen LogP contribution in [0.1, 0.15) is 6.92 Å². The predicted molar refractivity (Wildman–Crippen MR) is 74.4 cm³/mol. The van der Waals surface area contributed by atoms with E-state index in [1.807, 2.05) is 18.2 Å². The van der Waals surface area contributed by atoms with E-state index in [0.29, 0.717) is 6.54 Å². The molecule has 2 N–H and O–H groups in total. The standard InChI is InChI=1S/C11H18N2O.2ClH/c1-3-13(9-8-12)10-6-4-5-7-11(10)14-2;;/h4-7H,3,8-9,12H2,1-2H3;2*1H. The van der Waals surface area contributed by atoms with Crippen LogP contribution in [0.4, 0.5) is 5.69 Å². The van der Waals surface area contributed by atoms with Crippen LogP contribution < -0.4 is 15.4 Å². The average molecular weight is 267 g/mol. The summed E-state index contributed by atoms with van der Waals surface area (Å²) in [5.41, 5.74) is 6.67. The van der Waals surface area contributed by atoms with Gasteiger partial charge in [-0.2, -0.15) is 0 Å². The topological polar surface area (TPSA) is 38.5 Å². The summed E-state index contributed by atoms with van der Waals surface area (Å²) in [7, 11) is 1.69. The molecule has 1 rings (SSSR count). The minimum absolute atomic E-state index is 0. The minimum atomic E-state index is 0. The quantitative estimate of drug-likeness (QED) is 0.889. The summed E-state index contributed by atoms with van der Waals surface area (Å²) >= 11 is 0. The lowest BCUT2D eigenvalue weighted by molar-refractivity contribution is 0.414. The number of hydrogen-bond acceptors (Lipinski definition) is 3. The molecule has 0 heterocycles. The Bertz CT molecular complexity index is 284. The second-order valence-corrected chi connectivity index (χ2v) is 3.04. The number of methoxy groups -OCH3 is 1. The van der Waals surface area contributed by atoms with E-state index in [1.54, 1.807) is 7.11 Å². The maximum Gasteiger partial charge on any atom is 0.142 e. The summed E-state index contributed by atoms with van der Waals surface area (Å²) in [6, 6.07) is 8.00. The van der Waals surface area contributed by atoms with Crippen molar-refractivity contribution in [2.45, 2.75) is 6.92 Å². The van der Waals surface area contributed by atoms with Crippen LogP contribution in [0, 0.1) is 0 Å². The molecule has 1 aromatic rings. The van der Waals surface area contributed by atoms with Crippen LogP contribution in [0.25, 0.3) is 0 Å². The second kappa shape index (κ2) is 9.58. The molecule has 0 saturated heterocycles. The van der Waals surface area contributed by atoms with E-state index >= 15 is 0 Å². The number of benzene rings is 1. The maximum atomic E-state index is 5.55. The number of halogens is 2. The number of nitrogens with two attached hydrogens (primary N) is 1. The van der Waals surface area contributed by atoms with Crippen LogP contribution in [-0.2, 0) is 0 Å². The molecule has 5 heteroatoms. The predicted octanol–water partition coefficient (Wildman–Crippen LogP) is 2.32. The largest absolute Gasteiger partial charge is 0.495 e. The van der Waals surface area contributed by atoms with E-state index in [1.165, 1.54) is 0 Å². The first-order valence-corrected chi connectivity index (χ1v) is 4.91. The Labute approximate surface area is 110 Å². The van der Waals surface area contributed by atoms with Gasteiger partial charge in [-0.3, -0.25) is 0 Å². The van der Waals surface area contributed by atoms with E-state index in [4.69, 9.17) is 10.5 Å². The molecule has 0 aliphatic heterocycles. The number of nitrogens with zero attached hydrogens (tertiary/aromatic N) is 1. The van der Waals surface area contributed by atoms with Gasteiger partial charge in [0.15, 0.2) is 0 Å². The van der Waals surface area contributed by atoms with E-state index in [9.17, 15) is 0 Å². The van der Waals surface area contributed by atoms with E-state index in [0.717, 1.165) is 24.5 Å². The van der Waals surface area contributed by atoms with Gasteiger partial charge in [0.05, 0.1) is 12.8 Å². The Hall–Kier alpha value is -0.640. The van der Waals surface area contributed by atoms with Crippen LogP contribution >= 0.6 is 24.8 Å². The molecular formula is C11H20Cl2N2O. The van der Waals surface area contributed by atoms with Gasteiger partial charge in [-0.1, -0.05) is 12.1 Å². The van der Waals surface area contributed by atoms with Gasteiger partial charge in [-0.05, 0) is 19.1 Å². The van der Waals surface area contributed by atoms with Crippen LogP contribution in [0.15, 0.2) is 24.3 Å². The zero-order chi connectivity index (χ0) is 10.4. The highest BCUT2D eigenvalue weighted by molar-refractivity contribution is 5.85. The second-order valence-electron chi connectivity index (χ2n) is 3.04. The highest BCUT2D eigenvalue weighted by Crippen LogP contribution is 2.26. The summed E-state index contributed by atoms with van der Waals surface area (Å²) in [4.78, 5) is 2.21. The molecule has 0 aromatic heterocycles. The Morgan fingerprint density at radius 1 is 1.25 bits per heavy atom. The lowest BCUT2D eigenvalue weighted by atomic mass is 10.2. The van der Waals surface area contributed by atoms with Crippen LogP contribution in [0.3, 0.4) is 0 Å². The van der Waals surface area contributed by atoms with Crippen molar-refractivity contribution in [3.63, 3.8) is 0 Å². The molecule has 0 aliphatic carbocycles. The van der Waals surface area contributed by atoms with Gasteiger partial charge in [-0.25, -0.2) is 0 Å². The molecule has 1 aromatic carbocycles. The molecule has 0 fully saturated rings. The summed E-state index contributed by atoms with van der Waals surface area (Å²) in [6.07, 6.45) is 0. The van der Waals surface area contributed by atoms with Crippen molar-refractivity contribution < 1.29 is 4.74 Å². The number of anilines is 1. The number of hydrogen-bond donors (Lipinski definition) is 1. The first-order chi connectivity index (χ1) is 6.83. The fourth-order valence-electron chi connectivity index (χ4n) is 1.50. The zero-order valence-corrected chi connectivity index (χ0v) is 11.3. The summed E-state index contributed by atoms with van der Waals surface area (Å²) < 4.78 is 5.29. The fraction of sp³-hybridized carbons (Fsp3) is 0.455. The summed E-state index contributed by atoms with van der Waals surface area (Å²) in [6.45, 7) is 4.57. The third kappa shape index (κ3) is 4.47. The molecule has 0 radical (unpaired) electrons. The normalized spacial score (nSPS) is 8.69. The molecule has 0 amide bonds. The number of ether oxygens (including phenoxy) is 1. The molecule has 16 heavy (non-hydrogen) atoms. The molecule has 0 aliphatic rings. The van der Waals surface area contributed by atoms with Crippen molar-refractivity contribution in [1.82, 2.24) is 0 Å². The van der Waals surface area contributed by atoms with Crippen molar-refractivity contribution in [2.24, 2.45) is 5.73 Å². The van der Waals surface area contributed by atoms with Crippen molar-refractivity contribution in [1.29, 1.82) is 0 Å². The highest BCUT2D eigenvalue weighted by Gasteiger charge is 2.07. The van der Waals surface area contributed by atoms with Crippen LogP contribution in [0.2, 0.25) is 0 Å². The third-order valence-corrected chi connectivity index (χ3v) is 2.21. The monoisotopic (exact) mass is 266 g/mol. The average Bonchev–Trinajstić information content (AvgIpc) is 2.26. The molecule has 0 atom stereocenters. The third-order valence-electron chi connectivity index (χ3n) is 2.21. The van der Waals surface area contributed by atoms with Gasteiger partial charge >= 0.3 is 0 Å². The van der Waals surface area contributed by atoms with Gasteiger partial charge in [-0.15, -0.1) is 24.8 Å². The lowest BCUT2D eigenvalue weighted by Gasteiger charge is -2.24. The Morgan fingerprint density at radius 2 is 1.88 bits per heavy atom. The minimum Gasteiger partial charge on any atom is -0.495 e. The molecular weight excluding hydrogens is 247 g/mol. The first kappa shape index (κ1) is 17.7. The van der Waals surface area contributed by atoms with Crippen molar-refractivity contribution in [2.75, 3.05) is 31.6 Å². The molecule has 0 spiro atoms. The highest BCUT2D eigenvalue weighted by atomic mass is 35.5.